The number of carbonyl (C=O) groups excluding carboxylic acids is 1. The highest BCUT2D eigenvalue weighted by Crippen LogP contribution is 2.33. The van der Waals surface area contributed by atoms with E-state index in [-0.39, 0.29) is 21.6 Å². The van der Waals surface area contributed by atoms with E-state index in [9.17, 15) is 4.79 Å². The Morgan fingerprint density at radius 3 is 2.00 bits per heavy atom. The summed E-state index contributed by atoms with van der Waals surface area (Å²) < 4.78 is 0. The molecule has 1 fully saturated rings. The lowest BCUT2D eigenvalue weighted by Gasteiger charge is -2.27. The maximum atomic E-state index is 12.8. The van der Waals surface area contributed by atoms with Crippen LogP contribution >= 0.6 is 0 Å². The minimum Gasteiger partial charge on any atom is -0.288 e. The fraction of sp³-hybridized carbons (Fsp3) is 0.611. The number of carbonyl (C=O) groups is 1. The van der Waals surface area contributed by atoms with Crippen LogP contribution < -0.4 is 0 Å². The number of benzene rings is 1. The zero-order chi connectivity index (χ0) is 15.2. The molecule has 2 rings (SSSR count). The van der Waals surface area contributed by atoms with Crippen LogP contribution in [0.1, 0.15) is 57.8 Å². The largest absolute Gasteiger partial charge is 0.288 e. The molecule has 1 aliphatic rings. The summed E-state index contributed by atoms with van der Waals surface area (Å²) in [6.07, 6.45) is 2.61. The first kappa shape index (κ1) is 17.3. The Hall–Kier alpha value is -0.760. The summed E-state index contributed by atoms with van der Waals surface area (Å²) in [5.41, 5.74) is 0.956. The Balaban J connectivity index is 0.000000956. The van der Waals surface area contributed by atoms with E-state index in [4.69, 9.17) is 0 Å². The highest BCUT2D eigenvalue weighted by atomic mass is 32.2. The fourth-order valence-corrected chi connectivity index (χ4v) is 5.98. The van der Waals surface area contributed by atoms with Gasteiger partial charge in [-0.05, 0) is 23.7 Å². The number of ketones is 1. The quantitative estimate of drug-likeness (QED) is 0.582. The summed E-state index contributed by atoms with van der Waals surface area (Å²) in [6.45, 7) is 10.6. The van der Waals surface area contributed by atoms with Crippen LogP contribution in [0.3, 0.4) is 0 Å². The predicted octanol–water partition coefficient (Wildman–Crippen LogP) is 4.72. The Morgan fingerprint density at radius 2 is 1.55 bits per heavy atom. The van der Waals surface area contributed by atoms with Crippen molar-refractivity contribution in [2.24, 2.45) is 5.41 Å². The second-order valence-corrected chi connectivity index (χ2v) is 8.49. The van der Waals surface area contributed by atoms with Crippen LogP contribution in [-0.2, 0) is 10.9 Å². The lowest BCUT2D eigenvalue weighted by atomic mass is 9.87. The topological polar surface area (TPSA) is 17.1 Å². The van der Waals surface area contributed by atoms with Crippen LogP contribution in [-0.4, -0.2) is 22.5 Å². The molecule has 1 saturated heterocycles. The van der Waals surface area contributed by atoms with Crippen molar-refractivity contribution in [3.8, 4) is 0 Å². The van der Waals surface area contributed by atoms with Gasteiger partial charge in [0.1, 0.15) is 11.5 Å². The van der Waals surface area contributed by atoms with Crippen LogP contribution in [0.5, 0.6) is 0 Å². The smallest absolute Gasteiger partial charge is 0.215 e. The molecular weight excluding hydrogens is 264 g/mol. The first-order valence-electron chi connectivity index (χ1n) is 7.76. The zero-order valence-electron chi connectivity index (χ0n) is 13.6. The third-order valence-corrected chi connectivity index (χ3v) is 6.69. The molecule has 1 aromatic carbocycles. The molecule has 0 aliphatic carbocycles. The van der Waals surface area contributed by atoms with Crippen LogP contribution in [0.2, 0.25) is 0 Å². The minimum atomic E-state index is 0.0698. The van der Waals surface area contributed by atoms with Gasteiger partial charge in [-0.2, -0.15) is 0 Å². The van der Waals surface area contributed by atoms with E-state index in [2.05, 4.69) is 20.8 Å². The summed E-state index contributed by atoms with van der Waals surface area (Å²) in [5.74, 6) is 2.86. The highest BCUT2D eigenvalue weighted by molar-refractivity contribution is 7.98. The first-order valence-corrected chi connectivity index (χ1v) is 9.38. The van der Waals surface area contributed by atoms with Gasteiger partial charge in [-0.15, -0.1) is 0 Å². The van der Waals surface area contributed by atoms with Gasteiger partial charge in [0.2, 0.25) is 5.78 Å². The monoisotopic (exact) mass is 293 g/mol. The molecule has 1 nitrogen and oxygen atoms in total. The van der Waals surface area contributed by atoms with Gasteiger partial charge in [0.05, 0.1) is 0 Å². The molecule has 20 heavy (non-hydrogen) atoms. The fourth-order valence-electron chi connectivity index (χ4n) is 2.71. The average Bonchev–Trinajstić information content (AvgIpc) is 2.94. The number of hydrogen-bond acceptors (Lipinski definition) is 1. The Labute approximate surface area is 127 Å². The van der Waals surface area contributed by atoms with Crippen molar-refractivity contribution in [3.63, 3.8) is 0 Å². The molecule has 0 radical (unpaired) electrons. The van der Waals surface area contributed by atoms with E-state index in [0.29, 0.717) is 5.78 Å². The van der Waals surface area contributed by atoms with Crippen molar-refractivity contribution in [1.29, 1.82) is 0 Å². The summed E-state index contributed by atoms with van der Waals surface area (Å²) >= 11 is 0. The first-order chi connectivity index (χ1) is 9.50. The van der Waals surface area contributed by atoms with E-state index in [1.54, 1.807) is 0 Å². The molecule has 1 unspecified atom stereocenters. The lowest BCUT2D eigenvalue weighted by Crippen LogP contribution is -2.42. The van der Waals surface area contributed by atoms with Crippen LogP contribution in [0.4, 0.5) is 0 Å². The molecular formula is C18H29OS+. The molecule has 0 N–H and O–H groups in total. The van der Waals surface area contributed by atoms with E-state index in [1.165, 1.54) is 24.3 Å². The highest BCUT2D eigenvalue weighted by Gasteiger charge is 2.46. The normalized spacial score (nSPS) is 17.2. The molecule has 1 aliphatic heterocycles. The van der Waals surface area contributed by atoms with Crippen LogP contribution in [0.15, 0.2) is 30.3 Å². The molecule has 112 valence electrons. The summed E-state index contributed by atoms with van der Waals surface area (Å²) in [5, 5.41) is 0.197. The van der Waals surface area contributed by atoms with E-state index < -0.39 is 0 Å². The molecule has 0 amide bonds. The number of hydrogen-bond donors (Lipinski definition) is 0. The second kappa shape index (κ2) is 7.87. The lowest BCUT2D eigenvalue weighted by molar-refractivity contribution is 0.0949. The van der Waals surface area contributed by atoms with Crippen molar-refractivity contribution >= 4 is 16.7 Å². The Kier molecular flexibility index (Phi) is 6.81. The van der Waals surface area contributed by atoms with Crippen molar-refractivity contribution in [1.82, 2.24) is 0 Å². The van der Waals surface area contributed by atoms with E-state index in [1.807, 2.05) is 44.2 Å². The van der Waals surface area contributed by atoms with E-state index in [0.717, 1.165) is 5.56 Å². The van der Waals surface area contributed by atoms with Crippen molar-refractivity contribution < 1.29 is 4.79 Å². The molecule has 1 atom stereocenters. The molecule has 1 heterocycles. The van der Waals surface area contributed by atoms with Gasteiger partial charge >= 0.3 is 0 Å². The zero-order valence-corrected chi connectivity index (χ0v) is 14.4. The van der Waals surface area contributed by atoms with Crippen molar-refractivity contribution in [2.45, 2.75) is 52.7 Å². The standard InChI is InChI=1S/C16H23OS.C2H6/c1-16(2,3)15(18-11-7-8-12-18)14(17)13-9-5-4-6-10-13;1-2/h4-6,9-10,15H,7-8,11-12H2,1-3H3;1-2H3/q+1;. The molecule has 0 aromatic heterocycles. The van der Waals surface area contributed by atoms with Crippen LogP contribution in [0, 0.1) is 5.41 Å². The number of rotatable bonds is 3. The van der Waals surface area contributed by atoms with Gasteiger partial charge in [-0.3, -0.25) is 4.79 Å². The van der Waals surface area contributed by atoms with Gasteiger partial charge < -0.3 is 0 Å². The summed E-state index contributed by atoms with van der Waals surface area (Å²) in [6, 6.07) is 9.82. The number of Topliss-reactive ketones (excluding diaryl/α,β-unsaturated/α-hetero) is 1. The Bertz CT molecular complexity index is 399. The molecule has 2 heteroatoms. The average molecular weight is 293 g/mol. The van der Waals surface area contributed by atoms with Gasteiger partial charge in [0.15, 0.2) is 5.25 Å². The molecule has 1 aromatic rings. The maximum Gasteiger partial charge on any atom is 0.215 e. The molecule has 0 spiro atoms. The SMILES string of the molecule is CC.CC(C)(C)C(C(=O)c1ccccc1)[S+]1CCCC1. The summed E-state index contributed by atoms with van der Waals surface area (Å²) in [7, 11) is 0.285. The van der Waals surface area contributed by atoms with Gasteiger partial charge in [-0.1, -0.05) is 65.0 Å². The van der Waals surface area contributed by atoms with Gasteiger partial charge in [0.25, 0.3) is 0 Å². The van der Waals surface area contributed by atoms with Gasteiger partial charge in [-0.25, -0.2) is 0 Å². The minimum absolute atomic E-state index is 0.0698. The third-order valence-electron chi connectivity index (χ3n) is 3.48. The maximum absolute atomic E-state index is 12.8. The molecule has 0 saturated carbocycles. The predicted molar refractivity (Wildman–Crippen MR) is 91.7 cm³/mol. The third kappa shape index (κ3) is 4.37. The van der Waals surface area contributed by atoms with Crippen LogP contribution in [0.25, 0.3) is 0 Å². The molecule has 0 bridgehead atoms. The van der Waals surface area contributed by atoms with E-state index >= 15 is 0 Å². The van der Waals surface area contributed by atoms with Crippen molar-refractivity contribution in [3.05, 3.63) is 35.9 Å². The van der Waals surface area contributed by atoms with Gasteiger partial charge in [0, 0.05) is 11.0 Å². The summed E-state index contributed by atoms with van der Waals surface area (Å²) in [4.78, 5) is 12.8. The Morgan fingerprint density at radius 1 is 1.05 bits per heavy atom. The second-order valence-electron chi connectivity index (χ2n) is 6.13. The van der Waals surface area contributed by atoms with Crippen molar-refractivity contribution in [2.75, 3.05) is 11.5 Å².